The molecule has 6 aromatic rings. The van der Waals surface area contributed by atoms with Crippen LogP contribution in [0.1, 0.15) is 45.4 Å². The zero-order chi connectivity index (χ0) is 39.2. The quantitative estimate of drug-likeness (QED) is 0.101. The largest absolute Gasteiger partial charge is 0.573 e. The Hall–Kier alpha value is -5.62. The fourth-order valence-corrected chi connectivity index (χ4v) is 7.23. The van der Waals surface area contributed by atoms with Crippen LogP contribution < -0.4 is 24.5 Å². The van der Waals surface area contributed by atoms with Crippen LogP contribution in [-0.2, 0) is 4.74 Å². The second-order valence-corrected chi connectivity index (χ2v) is 14.3. The Bertz CT molecular complexity index is 2360. The Morgan fingerprint density at radius 2 is 1.48 bits per heavy atom. The normalized spacial score (nSPS) is 19.7. The first-order valence-electron chi connectivity index (χ1n) is 18.0. The molecule has 18 heteroatoms. The lowest BCUT2D eigenvalue weighted by atomic mass is 9.83. The Balaban J connectivity index is 1.23. The van der Waals surface area contributed by atoms with E-state index in [9.17, 15) is 31.4 Å². The van der Waals surface area contributed by atoms with Crippen LogP contribution in [0.5, 0.6) is 11.5 Å². The number of rotatable bonds is 9. The molecule has 2 aliphatic rings. The van der Waals surface area contributed by atoms with Crippen molar-refractivity contribution < 1.29 is 50.1 Å². The number of aliphatic hydroxyl groups is 1. The maximum Gasteiger partial charge on any atom is 0.573 e. The Morgan fingerprint density at radius 1 is 0.804 bits per heavy atom. The third-order valence-corrected chi connectivity index (χ3v) is 9.95. The molecule has 4 aromatic heterocycles. The highest BCUT2D eigenvalue weighted by atomic mass is 19.4. The SMILES string of the molecule is CC1(O)CCC(Nc2ccc3nnc(-c4cc(OC(F)(F)F)cc(-n5nc(-c6cccc(OC(F)(F)F)c6)[n+]6cc(NC7CCOCC7)ccc56)c4)n3c2)CC1. The molecule has 5 heterocycles. The highest BCUT2D eigenvalue weighted by Crippen LogP contribution is 2.34. The monoisotopic (exact) mass is 783 g/mol. The van der Waals surface area contributed by atoms with Crippen LogP contribution in [0.3, 0.4) is 0 Å². The fourth-order valence-electron chi connectivity index (χ4n) is 7.23. The van der Waals surface area contributed by atoms with Gasteiger partial charge in [-0.1, -0.05) is 10.7 Å². The summed E-state index contributed by atoms with van der Waals surface area (Å²) in [4.78, 5) is 0. The number of benzene rings is 2. The summed E-state index contributed by atoms with van der Waals surface area (Å²) in [6, 6.07) is 16.5. The summed E-state index contributed by atoms with van der Waals surface area (Å²) in [5, 5.41) is 30.7. The average molecular weight is 784 g/mol. The number of nitrogens with zero attached hydrogens (tertiary/aromatic N) is 6. The van der Waals surface area contributed by atoms with Crippen molar-refractivity contribution in [3.63, 3.8) is 0 Å². The van der Waals surface area contributed by atoms with Crippen molar-refractivity contribution in [2.24, 2.45) is 0 Å². The van der Waals surface area contributed by atoms with E-state index in [1.165, 1.54) is 28.9 Å². The molecular formula is C38H37F6N8O4+. The van der Waals surface area contributed by atoms with Crippen LogP contribution in [0.15, 0.2) is 79.1 Å². The summed E-state index contributed by atoms with van der Waals surface area (Å²) in [7, 11) is 0. The maximum absolute atomic E-state index is 13.8. The Labute approximate surface area is 315 Å². The summed E-state index contributed by atoms with van der Waals surface area (Å²) in [6.07, 6.45) is -2.18. The van der Waals surface area contributed by atoms with Gasteiger partial charge in [-0.15, -0.1) is 36.5 Å². The minimum atomic E-state index is -5.04. The summed E-state index contributed by atoms with van der Waals surface area (Å²) >= 11 is 0. The van der Waals surface area contributed by atoms with E-state index in [0.29, 0.717) is 43.0 Å². The molecule has 294 valence electrons. The van der Waals surface area contributed by atoms with Gasteiger partial charge < -0.3 is 30.0 Å². The van der Waals surface area contributed by atoms with Gasteiger partial charge in [-0.05, 0) is 94.0 Å². The number of fused-ring (bicyclic) bond motifs is 2. The topological polar surface area (TPSA) is 124 Å². The van der Waals surface area contributed by atoms with Gasteiger partial charge in [-0.3, -0.25) is 4.40 Å². The molecule has 2 fully saturated rings. The molecule has 1 aliphatic carbocycles. The van der Waals surface area contributed by atoms with E-state index in [0.717, 1.165) is 37.4 Å². The van der Waals surface area contributed by atoms with Crippen LogP contribution in [-0.4, -0.2) is 73.1 Å². The Morgan fingerprint density at radius 3 is 2.23 bits per heavy atom. The van der Waals surface area contributed by atoms with Gasteiger partial charge in [-0.2, -0.15) is 4.40 Å². The van der Waals surface area contributed by atoms with Gasteiger partial charge in [0.05, 0.1) is 33.8 Å². The molecule has 0 unspecified atom stereocenters. The number of hydrogen-bond acceptors (Lipinski definition) is 9. The third kappa shape index (κ3) is 8.45. The molecule has 0 amide bonds. The van der Waals surface area contributed by atoms with Gasteiger partial charge >= 0.3 is 18.5 Å². The molecule has 0 atom stereocenters. The second kappa shape index (κ2) is 14.5. The van der Waals surface area contributed by atoms with E-state index in [-0.39, 0.29) is 40.5 Å². The van der Waals surface area contributed by atoms with E-state index in [1.54, 1.807) is 51.5 Å². The number of hydrogen-bond donors (Lipinski definition) is 3. The summed E-state index contributed by atoms with van der Waals surface area (Å²) in [6.45, 7) is 3.00. The van der Waals surface area contributed by atoms with E-state index in [2.05, 4.69) is 30.3 Å². The average Bonchev–Trinajstić information content (AvgIpc) is 3.73. The standard InChI is InChI=1S/C38H37F6N8O4/c1-36(53)13-9-25(10-14-36)45-27-5-7-32-47-48-34(50(32)21-27)24-17-29(20-31(19-24)56-38(42,43)44)52-33-8-6-28(46-26-11-15-54-16-12-26)22-51(33)35(49-52)23-3-2-4-30(18-23)55-37(39,40)41/h2-8,17-22,25-26,45-46,53H,9-16H2,1H3/q+1. The van der Waals surface area contributed by atoms with Crippen molar-refractivity contribution in [2.75, 3.05) is 23.8 Å². The minimum absolute atomic E-state index is 0.107. The van der Waals surface area contributed by atoms with Gasteiger partial charge in [0, 0.05) is 49.2 Å². The highest BCUT2D eigenvalue weighted by molar-refractivity contribution is 5.68. The first-order chi connectivity index (χ1) is 26.6. The zero-order valence-corrected chi connectivity index (χ0v) is 29.9. The van der Waals surface area contributed by atoms with Crippen molar-refractivity contribution in [1.82, 2.24) is 24.4 Å². The zero-order valence-electron chi connectivity index (χ0n) is 29.9. The van der Waals surface area contributed by atoms with Gasteiger partial charge in [0.15, 0.2) is 11.5 Å². The van der Waals surface area contributed by atoms with E-state index >= 15 is 0 Å². The number of nitrogens with one attached hydrogen (secondary N) is 2. The molecule has 1 saturated carbocycles. The van der Waals surface area contributed by atoms with Crippen molar-refractivity contribution in [1.29, 1.82) is 0 Å². The summed E-state index contributed by atoms with van der Waals surface area (Å²) in [5.74, 6) is -0.632. The third-order valence-electron chi connectivity index (χ3n) is 9.95. The van der Waals surface area contributed by atoms with Crippen LogP contribution in [0, 0.1) is 0 Å². The molecule has 1 saturated heterocycles. The number of ether oxygens (including phenoxy) is 3. The smallest absolute Gasteiger partial charge is 0.406 e. The number of alkyl halides is 6. The summed E-state index contributed by atoms with van der Waals surface area (Å²) in [5.41, 5.74) is 2.12. The number of aromatic nitrogens is 6. The van der Waals surface area contributed by atoms with Crippen molar-refractivity contribution in [3.05, 3.63) is 79.1 Å². The molecule has 3 N–H and O–H groups in total. The van der Waals surface area contributed by atoms with Crippen LogP contribution in [0.25, 0.3) is 39.8 Å². The van der Waals surface area contributed by atoms with E-state index < -0.39 is 29.8 Å². The summed E-state index contributed by atoms with van der Waals surface area (Å²) < 4.78 is 99.8. The van der Waals surface area contributed by atoms with Crippen molar-refractivity contribution in [2.45, 2.75) is 75.9 Å². The van der Waals surface area contributed by atoms with Crippen LogP contribution in [0.2, 0.25) is 0 Å². The molecule has 2 aromatic carbocycles. The Kier molecular flexibility index (Phi) is 9.64. The van der Waals surface area contributed by atoms with Gasteiger partial charge in [0.2, 0.25) is 0 Å². The lowest BCUT2D eigenvalue weighted by Gasteiger charge is -2.33. The van der Waals surface area contributed by atoms with Crippen LogP contribution in [0.4, 0.5) is 37.7 Å². The predicted octanol–water partition coefficient (Wildman–Crippen LogP) is 7.48. The molecule has 56 heavy (non-hydrogen) atoms. The van der Waals surface area contributed by atoms with Gasteiger partial charge in [-0.25, -0.2) is 0 Å². The van der Waals surface area contributed by atoms with E-state index in [1.807, 2.05) is 13.0 Å². The predicted molar refractivity (Wildman–Crippen MR) is 191 cm³/mol. The number of halogens is 6. The van der Waals surface area contributed by atoms with Crippen molar-refractivity contribution in [3.8, 4) is 40.0 Å². The van der Waals surface area contributed by atoms with Crippen LogP contribution >= 0.6 is 0 Å². The highest BCUT2D eigenvalue weighted by Gasteiger charge is 2.34. The number of anilines is 2. The lowest BCUT2D eigenvalue weighted by molar-refractivity contribution is -0.499. The molecule has 0 radical (unpaired) electrons. The van der Waals surface area contributed by atoms with Crippen molar-refractivity contribution >= 4 is 22.7 Å². The minimum Gasteiger partial charge on any atom is -0.406 e. The molecule has 0 bridgehead atoms. The van der Waals surface area contributed by atoms with E-state index in [4.69, 9.17) is 9.84 Å². The van der Waals surface area contributed by atoms with Gasteiger partial charge in [0.1, 0.15) is 17.2 Å². The fraction of sp³-hybridized carbons (Fsp3) is 0.368. The molecule has 1 aliphatic heterocycles. The van der Waals surface area contributed by atoms with Gasteiger partial charge in [0.25, 0.3) is 5.65 Å². The maximum atomic E-state index is 13.8. The molecule has 8 rings (SSSR count). The molecule has 0 spiro atoms. The first kappa shape index (κ1) is 37.3. The molecular weight excluding hydrogens is 746 g/mol. The lowest BCUT2D eigenvalue weighted by Crippen LogP contribution is -2.35. The first-order valence-corrected chi connectivity index (χ1v) is 18.0. The number of pyridine rings is 2. The molecule has 12 nitrogen and oxygen atoms in total. The second-order valence-electron chi connectivity index (χ2n) is 14.3.